The summed E-state index contributed by atoms with van der Waals surface area (Å²) < 4.78 is 68.3. The van der Waals surface area contributed by atoms with Crippen LogP contribution in [0.4, 0.5) is 22.0 Å². The van der Waals surface area contributed by atoms with Gasteiger partial charge in [-0.1, -0.05) is 23.9 Å². The number of thioether (sulfide) groups is 1. The maximum absolute atomic E-state index is 14.6. The van der Waals surface area contributed by atoms with Gasteiger partial charge in [-0.05, 0) is 49.9 Å². The third-order valence-electron chi connectivity index (χ3n) is 5.69. The van der Waals surface area contributed by atoms with Crippen molar-refractivity contribution < 1.29 is 26.7 Å². The van der Waals surface area contributed by atoms with Crippen LogP contribution in [0.15, 0.2) is 52.4 Å². The van der Waals surface area contributed by atoms with Gasteiger partial charge in [0.1, 0.15) is 18.2 Å². The minimum atomic E-state index is -4.57. The molecule has 0 bridgehead atoms. The Labute approximate surface area is 195 Å². The third-order valence-corrected chi connectivity index (χ3v) is 6.61. The van der Waals surface area contributed by atoms with Gasteiger partial charge in [-0.2, -0.15) is 13.2 Å². The van der Waals surface area contributed by atoms with Gasteiger partial charge in [0.2, 0.25) is 5.91 Å². The minimum absolute atomic E-state index is 0.0154. The van der Waals surface area contributed by atoms with Crippen molar-refractivity contribution in [1.82, 2.24) is 14.5 Å². The molecule has 1 atom stereocenters. The lowest BCUT2D eigenvalue weighted by Gasteiger charge is -2.30. The maximum atomic E-state index is 14.6. The normalized spacial score (nSPS) is 14.9. The molecular weight excluding hydrogens is 477 g/mol. The van der Waals surface area contributed by atoms with Crippen molar-refractivity contribution in [2.45, 2.75) is 37.1 Å². The lowest BCUT2D eigenvalue weighted by Crippen LogP contribution is -2.46. The van der Waals surface area contributed by atoms with E-state index in [0.29, 0.717) is 6.07 Å². The monoisotopic (exact) mass is 497 g/mol. The van der Waals surface area contributed by atoms with Crippen LogP contribution in [0.1, 0.15) is 19.8 Å². The number of hydrogen-bond donors (Lipinski definition) is 0. The fourth-order valence-corrected chi connectivity index (χ4v) is 4.67. The average molecular weight is 497 g/mol. The molecule has 4 rings (SSSR count). The number of nitrogens with zero attached hydrogens (tertiary/aromatic N) is 3. The highest BCUT2D eigenvalue weighted by Gasteiger charge is 2.40. The summed E-state index contributed by atoms with van der Waals surface area (Å²) >= 11 is 0.729. The zero-order valence-electron chi connectivity index (χ0n) is 18.0. The molecule has 1 aromatic heterocycles. The number of fused-ring (bicyclic) bond motifs is 1. The maximum Gasteiger partial charge on any atom is 0.406 e. The smallest absolute Gasteiger partial charge is 0.330 e. The van der Waals surface area contributed by atoms with E-state index in [9.17, 15) is 31.5 Å². The lowest BCUT2D eigenvalue weighted by molar-refractivity contribution is -0.164. The summed E-state index contributed by atoms with van der Waals surface area (Å²) in [6.45, 7) is 0.207. The Morgan fingerprint density at radius 3 is 2.56 bits per heavy atom. The van der Waals surface area contributed by atoms with Crippen LogP contribution in [0.2, 0.25) is 0 Å². The van der Waals surface area contributed by atoms with E-state index in [1.807, 2.05) is 0 Å². The van der Waals surface area contributed by atoms with Crippen LogP contribution in [0.5, 0.6) is 0 Å². The topological polar surface area (TPSA) is 55.2 Å². The first-order valence-corrected chi connectivity index (χ1v) is 11.5. The van der Waals surface area contributed by atoms with Gasteiger partial charge in [0.15, 0.2) is 5.16 Å². The summed E-state index contributed by atoms with van der Waals surface area (Å²) in [6, 6.07) is 8.35. The molecule has 1 aliphatic carbocycles. The molecule has 1 amide bonds. The number of alkyl halides is 3. The Morgan fingerprint density at radius 1 is 1.21 bits per heavy atom. The Hall–Kier alpha value is -2.95. The van der Waals surface area contributed by atoms with Crippen LogP contribution in [0.3, 0.4) is 0 Å². The van der Waals surface area contributed by atoms with Crippen LogP contribution in [0.25, 0.3) is 16.6 Å². The third kappa shape index (κ3) is 5.24. The summed E-state index contributed by atoms with van der Waals surface area (Å²) in [4.78, 5) is 31.2. The number of amides is 1. The second kappa shape index (κ2) is 9.36. The molecule has 34 heavy (non-hydrogen) atoms. The van der Waals surface area contributed by atoms with E-state index in [4.69, 9.17) is 0 Å². The number of hydrogen-bond acceptors (Lipinski definition) is 4. The number of carbonyl (C=O) groups excluding carboxylic acids is 1. The predicted octanol–water partition coefficient (Wildman–Crippen LogP) is 4.95. The second-order valence-electron chi connectivity index (χ2n) is 8.15. The van der Waals surface area contributed by atoms with Crippen LogP contribution in [-0.2, 0) is 4.79 Å². The minimum Gasteiger partial charge on any atom is -0.330 e. The van der Waals surface area contributed by atoms with Gasteiger partial charge in [-0.3, -0.25) is 14.2 Å². The SMILES string of the molecule is CC(C1CC1)N(CC(F)(F)F)C(=O)CSc1nc2ccccc2c(=O)n1-c1ccc(F)cc1F. The first kappa shape index (κ1) is 24.2. The number of benzene rings is 2. The molecule has 180 valence electrons. The molecule has 0 spiro atoms. The molecule has 5 nitrogen and oxygen atoms in total. The van der Waals surface area contributed by atoms with Crippen molar-refractivity contribution in [3.8, 4) is 5.69 Å². The average Bonchev–Trinajstić information content (AvgIpc) is 3.61. The van der Waals surface area contributed by atoms with Crippen molar-refractivity contribution in [2.24, 2.45) is 5.92 Å². The largest absolute Gasteiger partial charge is 0.406 e. The summed E-state index contributed by atoms with van der Waals surface area (Å²) in [5.74, 6) is -3.06. The summed E-state index contributed by atoms with van der Waals surface area (Å²) in [7, 11) is 0. The van der Waals surface area contributed by atoms with Gasteiger partial charge in [-0.25, -0.2) is 13.8 Å². The van der Waals surface area contributed by atoms with Crippen molar-refractivity contribution in [2.75, 3.05) is 12.3 Å². The van der Waals surface area contributed by atoms with E-state index in [0.717, 1.165) is 46.2 Å². The van der Waals surface area contributed by atoms with Gasteiger partial charge in [0, 0.05) is 12.1 Å². The van der Waals surface area contributed by atoms with Gasteiger partial charge >= 0.3 is 6.18 Å². The Morgan fingerprint density at radius 2 is 1.91 bits per heavy atom. The molecular formula is C23H20F5N3O2S. The number of carbonyl (C=O) groups is 1. The number of para-hydroxylation sites is 1. The van der Waals surface area contributed by atoms with Crippen molar-refractivity contribution >= 4 is 28.6 Å². The molecule has 1 unspecified atom stereocenters. The highest BCUT2D eigenvalue weighted by Crippen LogP contribution is 2.36. The van der Waals surface area contributed by atoms with Crippen LogP contribution in [-0.4, -0.2) is 44.9 Å². The lowest BCUT2D eigenvalue weighted by atomic mass is 10.2. The standard InChI is InChI=1S/C23H20F5N3O2S/c1-13(14-6-7-14)30(12-23(26,27)28)20(32)11-34-22-29-18-5-3-2-4-16(18)21(33)31(22)19-9-8-15(24)10-17(19)25/h2-5,8-10,13-14H,6-7,11-12H2,1H3. The van der Waals surface area contributed by atoms with E-state index < -0.39 is 47.6 Å². The Balaban J connectivity index is 1.70. The molecule has 1 heterocycles. The molecule has 0 aliphatic heterocycles. The van der Waals surface area contributed by atoms with E-state index >= 15 is 0 Å². The molecule has 0 radical (unpaired) electrons. The fourth-order valence-electron chi connectivity index (χ4n) is 3.78. The molecule has 3 aromatic rings. The molecule has 1 fully saturated rings. The first-order chi connectivity index (χ1) is 16.0. The molecule has 2 aromatic carbocycles. The number of halogens is 5. The molecule has 1 saturated carbocycles. The van der Waals surface area contributed by atoms with Crippen LogP contribution >= 0.6 is 11.8 Å². The van der Waals surface area contributed by atoms with Gasteiger partial charge in [0.25, 0.3) is 5.56 Å². The van der Waals surface area contributed by atoms with Crippen molar-refractivity contribution in [3.05, 3.63) is 64.5 Å². The summed E-state index contributed by atoms with van der Waals surface area (Å²) in [5.41, 5.74) is -0.651. The zero-order valence-corrected chi connectivity index (χ0v) is 18.8. The second-order valence-corrected chi connectivity index (χ2v) is 9.09. The van der Waals surface area contributed by atoms with E-state index in [1.54, 1.807) is 25.1 Å². The zero-order chi connectivity index (χ0) is 24.6. The van der Waals surface area contributed by atoms with E-state index in [2.05, 4.69) is 4.98 Å². The van der Waals surface area contributed by atoms with Crippen LogP contribution in [0, 0.1) is 17.6 Å². The molecule has 11 heteroatoms. The predicted molar refractivity (Wildman–Crippen MR) is 118 cm³/mol. The summed E-state index contributed by atoms with van der Waals surface area (Å²) in [6.07, 6.45) is -3.05. The Bertz CT molecular complexity index is 1290. The van der Waals surface area contributed by atoms with Crippen molar-refractivity contribution in [1.29, 1.82) is 0 Å². The van der Waals surface area contributed by atoms with Gasteiger partial charge in [0.05, 0.1) is 22.3 Å². The number of aromatic nitrogens is 2. The Kier molecular flexibility index (Phi) is 6.66. The van der Waals surface area contributed by atoms with E-state index in [-0.39, 0.29) is 27.7 Å². The van der Waals surface area contributed by atoms with Gasteiger partial charge in [-0.15, -0.1) is 0 Å². The van der Waals surface area contributed by atoms with Crippen molar-refractivity contribution in [3.63, 3.8) is 0 Å². The number of rotatable bonds is 7. The van der Waals surface area contributed by atoms with E-state index in [1.165, 1.54) is 6.07 Å². The highest BCUT2D eigenvalue weighted by molar-refractivity contribution is 7.99. The molecule has 0 N–H and O–H groups in total. The van der Waals surface area contributed by atoms with Gasteiger partial charge < -0.3 is 4.90 Å². The molecule has 1 aliphatic rings. The quantitative estimate of drug-likeness (QED) is 0.264. The highest BCUT2D eigenvalue weighted by atomic mass is 32.2. The van der Waals surface area contributed by atoms with Crippen LogP contribution < -0.4 is 5.56 Å². The summed E-state index contributed by atoms with van der Waals surface area (Å²) in [5, 5.41) is 0.0801. The first-order valence-electron chi connectivity index (χ1n) is 10.5. The fraction of sp³-hybridized carbons (Fsp3) is 0.348. The molecule has 0 saturated heterocycles.